The molecule has 19 heavy (non-hydrogen) atoms. The van der Waals surface area contributed by atoms with Crippen molar-refractivity contribution in [3.05, 3.63) is 18.2 Å². The first-order chi connectivity index (χ1) is 9.02. The predicted octanol–water partition coefficient (Wildman–Crippen LogP) is 0.669. The van der Waals surface area contributed by atoms with E-state index in [0.29, 0.717) is 19.7 Å². The number of hydrogen-bond acceptors (Lipinski definition) is 4. The summed E-state index contributed by atoms with van der Waals surface area (Å²) >= 11 is 0. The highest BCUT2D eigenvalue weighted by Crippen LogP contribution is 2.26. The topological polar surface area (TPSA) is 64.4 Å². The number of imidazole rings is 1. The molecule has 1 aromatic heterocycles. The molecule has 0 amide bonds. The van der Waals surface area contributed by atoms with Gasteiger partial charge < -0.3 is 9.30 Å². The minimum Gasteiger partial charge on any atom is -0.383 e. The molecule has 0 N–H and O–H groups in total. The van der Waals surface area contributed by atoms with Crippen LogP contribution in [0.2, 0.25) is 0 Å². The van der Waals surface area contributed by atoms with E-state index < -0.39 is 10.0 Å². The molecule has 1 atom stereocenters. The third-order valence-corrected chi connectivity index (χ3v) is 4.77. The van der Waals surface area contributed by atoms with Gasteiger partial charge in [-0.1, -0.05) is 0 Å². The Kier molecular flexibility index (Phi) is 4.59. The van der Waals surface area contributed by atoms with Crippen LogP contribution >= 0.6 is 0 Å². The van der Waals surface area contributed by atoms with Crippen LogP contribution in [0.4, 0.5) is 0 Å². The molecule has 7 heteroatoms. The number of aromatic nitrogens is 2. The van der Waals surface area contributed by atoms with E-state index in [-0.39, 0.29) is 5.92 Å². The summed E-state index contributed by atoms with van der Waals surface area (Å²) in [7, 11) is -1.44. The van der Waals surface area contributed by atoms with E-state index in [1.54, 1.807) is 17.6 Å². The van der Waals surface area contributed by atoms with Crippen LogP contribution in [-0.2, 0) is 21.3 Å². The third kappa shape index (κ3) is 3.55. The molecule has 1 fully saturated rings. The number of hydrogen-bond donors (Lipinski definition) is 0. The molecule has 2 rings (SSSR count). The molecular weight excluding hydrogens is 266 g/mol. The zero-order valence-electron chi connectivity index (χ0n) is 11.4. The molecule has 6 nitrogen and oxygen atoms in total. The minimum absolute atomic E-state index is 0.176. The average Bonchev–Trinajstić information content (AvgIpc) is 2.83. The minimum atomic E-state index is -3.11. The summed E-state index contributed by atoms with van der Waals surface area (Å²) in [4.78, 5) is 4.40. The van der Waals surface area contributed by atoms with E-state index in [9.17, 15) is 8.42 Å². The van der Waals surface area contributed by atoms with Crippen LogP contribution in [0.15, 0.2) is 12.4 Å². The Morgan fingerprint density at radius 3 is 3.00 bits per heavy atom. The first kappa shape index (κ1) is 14.5. The second kappa shape index (κ2) is 6.02. The number of nitrogens with zero attached hydrogens (tertiary/aromatic N) is 3. The van der Waals surface area contributed by atoms with E-state index in [1.807, 2.05) is 6.20 Å². The summed E-state index contributed by atoms with van der Waals surface area (Å²) in [6, 6.07) is 0. The lowest BCUT2D eigenvalue weighted by Gasteiger charge is -2.30. The Bertz CT molecular complexity index is 512. The van der Waals surface area contributed by atoms with Gasteiger partial charge in [0.05, 0.1) is 12.9 Å². The van der Waals surface area contributed by atoms with Crippen LogP contribution in [0.1, 0.15) is 24.6 Å². The van der Waals surface area contributed by atoms with E-state index >= 15 is 0 Å². The predicted molar refractivity (Wildman–Crippen MR) is 72.5 cm³/mol. The van der Waals surface area contributed by atoms with Gasteiger partial charge in [-0.3, -0.25) is 0 Å². The van der Waals surface area contributed by atoms with Crippen LogP contribution in [-0.4, -0.2) is 55.3 Å². The van der Waals surface area contributed by atoms with Crippen LogP contribution in [0, 0.1) is 0 Å². The Morgan fingerprint density at radius 1 is 1.53 bits per heavy atom. The quantitative estimate of drug-likeness (QED) is 0.798. The Labute approximate surface area is 114 Å². The molecule has 0 spiro atoms. The number of sulfonamides is 1. The highest BCUT2D eigenvalue weighted by Gasteiger charge is 2.29. The van der Waals surface area contributed by atoms with Gasteiger partial charge in [0.2, 0.25) is 10.0 Å². The van der Waals surface area contributed by atoms with E-state index in [2.05, 4.69) is 9.55 Å². The van der Waals surface area contributed by atoms with Crippen molar-refractivity contribution >= 4 is 10.0 Å². The standard InChI is InChI=1S/C12H21N3O3S/c1-18-9-8-14-7-5-13-12(14)11-4-3-6-15(10-11)19(2,16)17/h5,7,11H,3-4,6,8-10H2,1-2H3/t11-/m1/s1. The summed E-state index contributed by atoms with van der Waals surface area (Å²) in [5.74, 6) is 1.14. The highest BCUT2D eigenvalue weighted by atomic mass is 32.2. The molecule has 0 aromatic carbocycles. The molecule has 0 bridgehead atoms. The summed E-state index contributed by atoms with van der Waals surface area (Å²) in [6.07, 6.45) is 6.83. The maximum absolute atomic E-state index is 11.6. The number of rotatable bonds is 5. The molecular formula is C12H21N3O3S. The van der Waals surface area contributed by atoms with Crippen molar-refractivity contribution in [2.24, 2.45) is 0 Å². The van der Waals surface area contributed by atoms with Gasteiger partial charge in [-0.2, -0.15) is 0 Å². The second-order valence-electron chi connectivity index (χ2n) is 4.93. The van der Waals surface area contributed by atoms with Gasteiger partial charge in [-0.25, -0.2) is 17.7 Å². The van der Waals surface area contributed by atoms with Crippen LogP contribution in [0.25, 0.3) is 0 Å². The number of piperidine rings is 1. The molecule has 0 unspecified atom stereocenters. The van der Waals surface area contributed by atoms with Gasteiger partial charge in [-0.15, -0.1) is 0 Å². The van der Waals surface area contributed by atoms with Crippen molar-refractivity contribution < 1.29 is 13.2 Å². The fourth-order valence-electron chi connectivity index (χ4n) is 2.51. The van der Waals surface area contributed by atoms with E-state index in [1.165, 1.54) is 6.26 Å². The first-order valence-electron chi connectivity index (χ1n) is 6.47. The Balaban J connectivity index is 2.11. The van der Waals surface area contributed by atoms with Crippen LogP contribution < -0.4 is 0 Å². The Hall–Kier alpha value is -0.920. The molecule has 1 aliphatic rings. The number of methoxy groups -OCH3 is 1. The average molecular weight is 287 g/mol. The van der Waals surface area contributed by atoms with Crippen molar-refractivity contribution in [2.75, 3.05) is 33.1 Å². The lowest BCUT2D eigenvalue weighted by Crippen LogP contribution is -2.39. The summed E-state index contributed by atoms with van der Waals surface area (Å²) < 4.78 is 32.0. The maximum atomic E-state index is 11.6. The summed E-state index contributed by atoms with van der Waals surface area (Å²) in [5, 5.41) is 0. The van der Waals surface area contributed by atoms with Crippen molar-refractivity contribution in [3.63, 3.8) is 0 Å². The summed E-state index contributed by atoms with van der Waals surface area (Å²) in [6.45, 7) is 2.53. The molecule has 0 radical (unpaired) electrons. The molecule has 2 heterocycles. The second-order valence-corrected chi connectivity index (χ2v) is 6.91. The lowest BCUT2D eigenvalue weighted by atomic mass is 9.99. The molecule has 108 valence electrons. The third-order valence-electron chi connectivity index (χ3n) is 3.50. The lowest BCUT2D eigenvalue weighted by molar-refractivity contribution is 0.184. The highest BCUT2D eigenvalue weighted by molar-refractivity contribution is 7.88. The van der Waals surface area contributed by atoms with Crippen LogP contribution in [0.3, 0.4) is 0 Å². The van der Waals surface area contributed by atoms with Crippen molar-refractivity contribution in [2.45, 2.75) is 25.3 Å². The molecule has 1 saturated heterocycles. The van der Waals surface area contributed by atoms with Gasteiger partial charge in [0, 0.05) is 45.1 Å². The van der Waals surface area contributed by atoms with E-state index in [4.69, 9.17) is 4.74 Å². The van der Waals surface area contributed by atoms with Gasteiger partial charge in [0.25, 0.3) is 0 Å². The monoisotopic (exact) mass is 287 g/mol. The first-order valence-corrected chi connectivity index (χ1v) is 8.32. The van der Waals surface area contributed by atoms with Crippen molar-refractivity contribution in [1.29, 1.82) is 0 Å². The van der Waals surface area contributed by atoms with Crippen molar-refractivity contribution in [1.82, 2.24) is 13.9 Å². The smallest absolute Gasteiger partial charge is 0.211 e. The van der Waals surface area contributed by atoms with Crippen molar-refractivity contribution in [3.8, 4) is 0 Å². The van der Waals surface area contributed by atoms with Gasteiger partial charge in [0.1, 0.15) is 5.82 Å². The molecule has 0 aliphatic carbocycles. The zero-order chi connectivity index (χ0) is 13.9. The van der Waals surface area contributed by atoms with Gasteiger partial charge in [0.15, 0.2) is 0 Å². The van der Waals surface area contributed by atoms with Gasteiger partial charge in [-0.05, 0) is 12.8 Å². The fourth-order valence-corrected chi connectivity index (χ4v) is 3.43. The molecule has 1 aliphatic heterocycles. The number of ether oxygens (including phenoxy) is 1. The SMILES string of the molecule is COCCn1ccnc1[C@@H]1CCCN(S(C)(=O)=O)C1. The molecule has 1 aromatic rings. The Morgan fingerprint density at radius 2 is 2.32 bits per heavy atom. The summed E-state index contributed by atoms with van der Waals surface area (Å²) in [5.41, 5.74) is 0. The zero-order valence-corrected chi connectivity index (χ0v) is 12.3. The maximum Gasteiger partial charge on any atom is 0.211 e. The van der Waals surface area contributed by atoms with E-state index in [0.717, 1.165) is 25.2 Å². The van der Waals surface area contributed by atoms with Crippen LogP contribution in [0.5, 0.6) is 0 Å². The molecule has 0 saturated carbocycles. The largest absolute Gasteiger partial charge is 0.383 e. The normalized spacial score (nSPS) is 21.7. The fraction of sp³-hybridized carbons (Fsp3) is 0.750. The van der Waals surface area contributed by atoms with Gasteiger partial charge >= 0.3 is 0 Å².